The fourth-order valence-corrected chi connectivity index (χ4v) is 4.06. The molecule has 2 aromatic rings. The Morgan fingerprint density at radius 3 is 2.52 bits per heavy atom. The molecule has 0 saturated carbocycles. The average Bonchev–Trinajstić information content (AvgIpc) is 3.01. The summed E-state index contributed by atoms with van der Waals surface area (Å²) in [5.41, 5.74) is -0.157. The number of aryl methyl sites for hydroxylation is 1. The van der Waals surface area contributed by atoms with E-state index in [9.17, 15) is 13.2 Å². The van der Waals surface area contributed by atoms with Crippen LogP contribution in [0.1, 0.15) is 12.5 Å². The lowest BCUT2D eigenvalue weighted by molar-refractivity contribution is 0.0194. The number of halogens is 1. The van der Waals surface area contributed by atoms with Crippen molar-refractivity contribution in [2.45, 2.75) is 18.1 Å². The fourth-order valence-electron chi connectivity index (χ4n) is 2.48. The maximum atomic E-state index is 12.9. The van der Waals surface area contributed by atoms with E-state index >= 15 is 0 Å². The standard InChI is InChI=1S/C15H18ClN7O7S/c1-7-6-29-21-12(30-7)10-11(16)20-23(2)13(10)31(25,26)22-15(24)19-14-17-8(27-3)5-9(18-14)28-4/h5,7H,6H2,1-4H3,(H2,17,18,19,22,24)/t7-/m0/s1. The Labute approximate surface area is 181 Å². The molecule has 31 heavy (non-hydrogen) atoms. The van der Waals surface area contributed by atoms with Gasteiger partial charge in [0.1, 0.15) is 11.7 Å². The highest BCUT2D eigenvalue weighted by molar-refractivity contribution is 7.90. The minimum Gasteiger partial charge on any atom is -0.481 e. The monoisotopic (exact) mass is 475 g/mol. The van der Waals surface area contributed by atoms with Crippen molar-refractivity contribution in [3.8, 4) is 11.8 Å². The lowest BCUT2D eigenvalue weighted by atomic mass is 10.3. The summed E-state index contributed by atoms with van der Waals surface area (Å²) in [6.07, 6.45) is -0.407. The molecule has 0 radical (unpaired) electrons. The van der Waals surface area contributed by atoms with Crippen molar-refractivity contribution in [1.82, 2.24) is 24.5 Å². The minimum absolute atomic E-state index is 0.0901. The molecule has 0 aromatic carbocycles. The molecule has 1 atom stereocenters. The van der Waals surface area contributed by atoms with Crippen LogP contribution < -0.4 is 19.5 Å². The van der Waals surface area contributed by atoms with Crippen LogP contribution in [0.4, 0.5) is 10.7 Å². The molecular formula is C15H18ClN7O7S. The van der Waals surface area contributed by atoms with Gasteiger partial charge in [0.25, 0.3) is 15.9 Å². The number of carbonyl (C=O) groups excluding carboxylic acids is 1. The lowest BCUT2D eigenvalue weighted by Gasteiger charge is -2.20. The third-order valence-corrected chi connectivity index (χ3v) is 5.44. The first-order chi connectivity index (χ1) is 14.6. The summed E-state index contributed by atoms with van der Waals surface area (Å²) in [5, 5.41) is 9.09. The van der Waals surface area contributed by atoms with E-state index < -0.39 is 27.2 Å². The number of ether oxygens (including phenoxy) is 3. The Morgan fingerprint density at radius 2 is 1.94 bits per heavy atom. The number of sulfonamides is 1. The summed E-state index contributed by atoms with van der Waals surface area (Å²) >= 11 is 6.08. The molecule has 0 saturated heterocycles. The van der Waals surface area contributed by atoms with Gasteiger partial charge in [-0.2, -0.15) is 23.5 Å². The van der Waals surface area contributed by atoms with E-state index in [0.29, 0.717) is 0 Å². The molecule has 1 aliphatic heterocycles. The number of nitrogens with zero attached hydrogens (tertiary/aromatic N) is 5. The van der Waals surface area contributed by atoms with Crippen LogP contribution in [-0.2, 0) is 26.6 Å². The highest BCUT2D eigenvalue weighted by Crippen LogP contribution is 2.26. The number of nitrogens with one attached hydrogen (secondary N) is 2. The van der Waals surface area contributed by atoms with Gasteiger partial charge in [-0.25, -0.2) is 9.52 Å². The van der Waals surface area contributed by atoms with Crippen LogP contribution in [0.5, 0.6) is 11.8 Å². The van der Waals surface area contributed by atoms with Crippen molar-refractivity contribution in [2.24, 2.45) is 12.2 Å². The van der Waals surface area contributed by atoms with Crippen molar-refractivity contribution in [3.05, 3.63) is 16.8 Å². The molecule has 0 spiro atoms. The summed E-state index contributed by atoms with van der Waals surface area (Å²) in [6, 6.07) is 0.215. The highest BCUT2D eigenvalue weighted by Gasteiger charge is 2.34. The molecule has 0 unspecified atom stereocenters. The summed E-state index contributed by atoms with van der Waals surface area (Å²) in [5.74, 6) is -0.257. The van der Waals surface area contributed by atoms with Gasteiger partial charge in [0.15, 0.2) is 16.8 Å². The van der Waals surface area contributed by atoms with Crippen LogP contribution in [0.15, 0.2) is 16.2 Å². The predicted octanol–water partition coefficient (Wildman–Crippen LogP) is 0.488. The number of hydrogen-bond acceptors (Lipinski definition) is 11. The fraction of sp³-hybridized carbons (Fsp3) is 0.400. The second-order valence-corrected chi connectivity index (χ2v) is 8.01. The normalized spacial score (nSPS) is 15.9. The molecule has 14 nitrogen and oxygen atoms in total. The van der Waals surface area contributed by atoms with Crippen LogP contribution in [0.2, 0.25) is 5.15 Å². The van der Waals surface area contributed by atoms with E-state index in [0.717, 1.165) is 4.68 Å². The summed E-state index contributed by atoms with van der Waals surface area (Å²) in [6.45, 7) is 1.87. The van der Waals surface area contributed by atoms with E-state index in [1.165, 1.54) is 27.3 Å². The van der Waals surface area contributed by atoms with Gasteiger partial charge in [-0.05, 0) is 12.1 Å². The van der Waals surface area contributed by atoms with Crippen molar-refractivity contribution in [2.75, 3.05) is 26.1 Å². The smallest absolute Gasteiger partial charge is 0.335 e. The van der Waals surface area contributed by atoms with Gasteiger partial charge in [-0.1, -0.05) is 11.6 Å². The van der Waals surface area contributed by atoms with Crippen LogP contribution in [0.3, 0.4) is 0 Å². The zero-order valence-corrected chi connectivity index (χ0v) is 18.3. The van der Waals surface area contributed by atoms with Gasteiger partial charge in [-0.15, -0.1) is 0 Å². The topological polar surface area (TPSA) is 168 Å². The zero-order chi connectivity index (χ0) is 22.8. The van der Waals surface area contributed by atoms with E-state index in [1.807, 2.05) is 4.72 Å². The molecule has 0 bridgehead atoms. The Morgan fingerprint density at radius 1 is 1.29 bits per heavy atom. The van der Waals surface area contributed by atoms with Gasteiger partial charge in [0.2, 0.25) is 17.7 Å². The number of methoxy groups -OCH3 is 2. The number of carbonyl (C=O) groups is 1. The first kappa shape index (κ1) is 22.4. The summed E-state index contributed by atoms with van der Waals surface area (Å²) in [7, 11) is -0.471. The van der Waals surface area contributed by atoms with Gasteiger partial charge >= 0.3 is 6.03 Å². The largest absolute Gasteiger partial charge is 0.481 e. The number of anilines is 1. The van der Waals surface area contributed by atoms with Crippen LogP contribution in [-0.4, -0.2) is 67.0 Å². The van der Waals surface area contributed by atoms with Gasteiger partial charge in [0.05, 0.1) is 20.3 Å². The van der Waals surface area contributed by atoms with Crippen molar-refractivity contribution >= 4 is 39.5 Å². The number of amides is 2. The van der Waals surface area contributed by atoms with Gasteiger partial charge < -0.3 is 19.0 Å². The maximum absolute atomic E-state index is 12.9. The van der Waals surface area contributed by atoms with Crippen molar-refractivity contribution < 1.29 is 32.3 Å². The molecule has 2 N–H and O–H groups in total. The summed E-state index contributed by atoms with van der Waals surface area (Å²) in [4.78, 5) is 25.1. The second-order valence-electron chi connectivity index (χ2n) is 6.05. The molecule has 2 amide bonds. The van der Waals surface area contributed by atoms with E-state index in [-0.39, 0.29) is 40.9 Å². The lowest BCUT2D eigenvalue weighted by Crippen LogP contribution is -2.37. The predicted molar refractivity (Wildman–Crippen MR) is 106 cm³/mol. The first-order valence-electron chi connectivity index (χ1n) is 8.55. The van der Waals surface area contributed by atoms with E-state index in [4.69, 9.17) is 30.6 Å². The van der Waals surface area contributed by atoms with Crippen LogP contribution >= 0.6 is 11.6 Å². The molecule has 2 aromatic heterocycles. The minimum atomic E-state index is -4.50. The van der Waals surface area contributed by atoms with Crippen molar-refractivity contribution in [1.29, 1.82) is 0 Å². The quantitative estimate of drug-likeness (QED) is 0.599. The Kier molecular flexibility index (Phi) is 6.35. The number of hydrogen-bond donors (Lipinski definition) is 2. The number of aromatic nitrogens is 4. The Bertz CT molecular complexity index is 1110. The van der Waals surface area contributed by atoms with Crippen LogP contribution in [0.25, 0.3) is 0 Å². The van der Waals surface area contributed by atoms with Gasteiger partial charge in [0, 0.05) is 7.05 Å². The molecule has 168 valence electrons. The number of urea groups is 1. The SMILES string of the molecule is COc1cc(OC)nc(NC(=O)NS(=O)(=O)c2c(C3=NOC[C@H](C)O3)c(Cl)nn2C)n1. The van der Waals surface area contributed by atoms with Gasteiger partial charge in [-0.3, -0.25) is 10.00 Å². The molecule has 1 aliphatic rings. The number of oxime groups is 1. The molecule has 3 heterocycles. The molecule has 0 aliphatic carbocycles. The third-order valence-electron chi connectivity index (χ3n) is 3.74. The average molecular weight is 476 g/mol. The molecular weight excluding hydrogens is 458 g/mol. The second kappa shape index (κ2) is 8.81. The maximum Gasteiger partial charge on any atom is 0.335 e. The Hall–Kier alpha value is -3.33. The molecule has 0 fully saturated rings. The highest BCUT2D eigenvalue weighted by atomic mass is 35.5. The molecule has 3 rings (SSSR count). The van der Waals surface area contributed by atoms with E-state index in [2.05, 4.69) is 25.5 Å². The van der Waals surface area contributed by atoms with Crippen molar-refractivity contribution in [3.63, 3.8) is 0 Å². The van der Waals surface area contributed by atoms with Crippen LogP contribution in [0, 0.1) is 0 Å². The molecule has 16 heteroatoms. The third kappa shape index (κ3) is 4.88. The first-order valence-corrected chi connectivity index (χ1v) is 10.4. The van der Waals surface area contributed by atoms with E-state index in [1.54, 1.807) is 6.92 Å². The zero-order valence-electron chi connectivity index (χ0n) is 16.7. The summed E-state index contributed by atoms with van der Waals surface area (Å²) < 4.78 is 44.1. The number of rotatable bonds is 6. The Balaban J connectivity index is 1.88.